The van der Waals surface area contributed by atoms with Crippen molar-refractivity contribution in [1.82, 2.24) is 0 Å². The molecule has 11 nitrogen and oxygen atoms in total. The molecule has 0 aliphatic carbocycles. The van der Waals surface area contributed by atoms with E-state index in [4.69, 9.17) is 35.7 Å². The molecule has 4 rings (SSSR count). The molecule has 48 heavy (non-hydrogen) atoms. The Morgan fingerprint density at radius 2 is 1.79 bits per heavy atom. The number of carbonyl (C=O) groups excluding carboxylic acids is 2. The molecule has 0 saturated heterocycles. The Morgan fingerprint density at radius 1 is 1.04 bits per heavy atom. The fourth-order valence-electron chi connectivity index (χ4n) is 5.51. The summed E-state index contributed by atoms with van der Waals surface area (Å²) < 4.78 is 23.8. The van der Waals surface area contributed by atoms with Gasteiger partial charge in [0.25, 0.3) is 5.91 Å². The number of methoxy groups -OCH3 is 2. The lowest BCUT2D eigenvalue weighted by Crippen LogP contribution is -2.46. The van der Waals surface area contributed by atoms with E-state index in [9.17, 15) is 19.5 Å². The molecular formula is C36H43ClN2O9. The van der Waals surface area contributed by atoms with Gasteiger partial charge in [-0.3, -0.25) is 14.4 Å². The number of carbonyl (C=O) groups is 3. The Labute approximate surface area is 285 Å². The van der Waals surface area contributed by atoms with Gasteiger partial charge >= 0.3 is 5.97 Å². The molecule has 258 valence electrons. The van der Waals surface area contributed by atoms with Crippen molar-refractivity contribution in [2.24, 2.45) is 5.41 Å². The first-order valence-electron chi connectivity index (χ1n) is 15.7. The van der Waals surface area contributed by atoms with Crippen molar-refractivity contribution in [3.8, 4) is 17.2 Å². The first-order chi connectivity index (χ1) is 22.8. The molecule has 0 unspecified atom stereocenters. The predicted octanol–water partition coefficient (Wildman–Crippen LogP) is 6.03. The smallest absolute Gasteiger partial charge is 0.303 e. The van der Waals surface area contributed by atoms with E-state index >= 15 is 0 Å². The molecule has 1 aliphatic heterocycles. The molecule has 0 aromatic heterocycles. The van der Waals surface area contributed by atoms with Gasteiger partial charge in [-0.1, -0.05) is 43.6 Å². The van der Waals surface area contributed by atoms with Crippen LogP contribution in [0.5, 0.6) is 17.2 Å². The zero-order chi connectivity index (χ0) is 35.2. The molecule has 2 atom stereocenters. The Hall–Kier alpha value is -4.32. The number of para-hydroxylation sites is 1. The number of fused-ring (bicyclic) bond motifs is 1. The van der Waals surface area contributed by atoms with Gasteiger partial charge in [-0.2, -0.15) is 0 Å². The van der Waals surface area contributed by atoms with Crippen molar-refractivity contribution in [3.05, 3.63) is 76.3 Å². The topological polar surface area (TPSA) is 144 Å². The number of amides is 2. The molecule has 12 heteroatoms. The summed E-state index contributed by atoms with van der Waals surface area (Å²) >= 11 is 6.51. The zero-order valence-corrected chi connectivity index (χ0v) is 28.8. The number of aryl methyl sites for hydroxylation is 1. The highest BCUT2D eigenvalue weighted by atomic mass is 35.5. The molecule has 0 radical (unpaired) electrons. The van der Waals surface area contributed by atoms with Gasteiger partial charge in [0.1, 0.15) is 18.0 Å². The van der Waals surface area contributed by atoms with E-state index in [1.165, 1.54) is 19.1 Å². The number of nitrogens with one attached hydrogen (secondary N) is 1. The third kappa shape index (κ3) is 8.77. The molecule has 2 amide bonds. The van der Waals surface area contributed by atoms with Gasteiger partial charge in [-0.15, -0.1) is 0 Å². The number of carboxylic acid groups (broad SMARTS) is 1. The number of ether oxygens (including phenoxy) is 4. The molecule has 3 N–H and O–H groups in total. The first-order valence-corrected chi connectivity index (χ1v) is 16.0. The van der Waals surface area contributed by atoms with E-state index in [1.54, 1.807) is 54.6 Å². The van der Waals surface area contributed by atoms with Crippen LogP contribution in [0.2, 0.25) is 5.02 Å². The summed E-state index contributed by atoms with van der Waals surface area (Å²) in [5.74, 6) is -0.703. The lowest BCUT2D eigenvalue weighted by molar-refractivity contribution is -0.137. The summed E-state index contributed by atoms with van der Waals surface area (Å²) in [4.78, 5) is 40.9. The highest BCUT2D eigenvalue weighted by Gasteiger charge is 2.40. The number of halogens is 1. The molecule has 0 bridgehead atoms. The van der Waals surface area contributed by atoms with Gasteiger partial charge in [0.05, 0.1) is 32.4 Å². The average Bonchev–Trinajstić information content (AvgIpc) is 3.14. The number of aliphatic hydroxyl groups excluding tert-OH is 1. The number of anilines is 2. The van der Waals surface area contributed by atoms with E-state index in [2.05, 4.69) is 5.32 Å². The molecule has 0 saturated carbocycles. The van der Waals surface area contributed by atoms with Crippen LogP contribution in [-0.4, -0.2) is 67.6 Å². The van der Waals surface area contributed by atoms with Gasteiger partial charge < -0.3 is 39.4 Å². The monoisotopic (exact) mass is 682 g/mol. The van der Waals surface area contributed by atoms with E-state index < -0.39 is 35.4 Å². The number of nitrogens with zero attached hydrogens (tertiary/aromatic N) is 1. The normalized spacial score (nSPS) is 16.3. The summed E-state index contributed by atoms with van der Waals surface area (Å²) in [5.41, 5.74) is 1.98. The number of benzene rings is 3. The van der Waals surface area contributed by atoms with Gasteiger partial charge in [0.2, 0.25) is 5.91 Å². The molecule has 0 fully saturated rings. The molecule has 1 heterocycles. The van der Waals surface area contributed by atoms with Crippen LogP contribution in [0.4, 0.5) is 11.4 Å². The number of carboxylic acids is 1. The Balaban J connectivity index is 1.78. The zero-order valence-electron chi connectivity index (χ0n) is 28.0. The number of aliphatic carboxylic acids is 1. The largest absolute Gasteiger partial charge is 0.493 e. The summed E-state index contributed by atoms with van der Waals surface area (Å²) in [6.45, 7) is 7.29. The lowest BCUT2D eigenvalue weighted by Gasteiger charge is -2.32. The first kappa shape index (κ1) is 36.5. The van der Waals surface area contributed by atoms with Crippen molar-refractivity contribution >= 4 is 40.8 Å². The average molecular weight is 683 g/mol. The summed E-state index contributed by atoms with van der Waals surface area (Å²) in [7, 11) is 3.02. The second-order valence-corrected chi connectivity index (χ2v) is 13.1. The van der Waals surface area contributed by atoms with E-state index in [0.717, 1.165) is 0 Å². The molecule has 0 spiro atoms. The Kier molecular flexibility index (Phi) is 12.0. The number of hydrogen-bond acceptors (Lipinski definition) is 8. The predicted molar refractivity (Wildman–Crippen MR) is 182 cm³/mol. The molecule has 3 aromatic carbocycles. The summed E-state index contributed by atoms with van der Waals surface area (Å²) in [5, 5.41) is 22.6. The van der Waals surface area contributed by atoms with Crippen LogP contribution in [0.25, 0.3) is 0 Å². The van der Waals surface area contributed by atoms with Gasteiger partial charge in [-0.25, -0.2) is 0 Å². The van der Waals surface area contributed by atoms with Crippen LogP contribution >= 0.6 is 11.6 Å². The fraction of sp³-hybridized carbons (Fsp3) is 0.417. The van der Waals surface area contributed by atoms with Crippen molar-refractivity contribution in [2.75, 3.05) is 37.6 Å². The van der Waals surface area contributed by atoms with Gasteiger partial charge in [-0.05, 0) is 62.2 Å². The minimum Gasteiger partial charge on any atom is -0.493 e. The Bertz CT molecular complexity index is 1640. The number of rotatable bonds is 14. The minimum atomic E-state index is -1.28. The molecule has 1 aliphatic rings. The summed E-state index contributed by atoms with van der Waals surface area (Å²) in [6, 6.07) is 15.5. The standard InChI is InChI=1S/C36H43ClN2O9/c1-21(2)47-28-14-10-22(11-15-32(42)43)16-26(28)38-31(41)18-30-35(44)39(19-36(3,4)20-40)27-13-12-23(37)17-25(27)33(48-30)24-8-7-9-29(45-5)34(24)46-6/h7-10,12-14,16-17,21,30,33,40H,11,15,18-20H2,1-6H3,(H,38,41)(H,42,43)/t30-,33-/m1/s1. The van der Waals surface area contributed by atoms with E-state index in [-0.39, 0.29) is 38.5 Å². The third-order valence-corrected chi connectivity index (χ3v) is 8.05. The second kappa shape index (κ2) is 15.7. The van der Waals surface area contributed by atoms with Crippen molar-refractivity contribution < 1.29 is 43.5 Å². The lowest BCUT2D eigenvalue weighted by atomic mass is 9.92. The number of hydrogen-bond donors (Lipinski definition) is 3. The van der Waals surface area contributed by atoms with Crippen molar-refractivity contribution in [3.63, 3.8) is 0 Å². The van der Waals surface area contributed by atoms with Gasteiger partial charge in [0.15, 0.2) is 11.5 Å². The fourth-order valence-corrected chi connectivity index (χ4v) is 5.69. The quantitative estimate of drug-likeness (QED) is 0.186. The van der Waals surface area contributed by atoms with Crippen LogP contribution in [0.3, 0.4) is 0 Å². The van der Waals surface area contributed by atoms with Crippen molar-refractivity contribution in [1.29, 1.82) is 0 Å². The van der Waals surface area contributed by atoms with Crippen LogP contribution in [-0.2, 0) is 25.5 Å². The SMILES string of the molecule is COc1cccc([C@H]2O[C@H](CC(=O)Nc3cc(CCC(=O)O)ccc3OC(C)C)C(=O)N(CC(C)(C)CO)c3ccc(Cl)cc32)c1OC. The highest BCUT2D eigenvalue weighted by Crippen LogP contribution is 2.45. The maximum Gasteiger partial charge on any atom is 0.303 e. The minimum absolute atomic E-state index is 0.0814. The van der Waals surface area contributed by atoms with E-state index in [0.29, 0.717) is 50.3 Å². The summed E-state index contributed by atoms with van der Waals surface area (Å²) in [6.07, 6.45) is -2.60. The van der Waals surface area contributed by atoms with E-state index in [1.807, 2.05) is 27.7 Å². The van der Waals surface area contributed by atoms with Crippen LogP contribution < -0.4 is 24.4 Å². The third-order valence-electron chi connectivity index (χ3n) is 7.81. The maximum absolute atomic E-state index is 14.4. The maximum atomic E-state index is 14.4. The molecule has 3 aromatic rings. The van der Waals surface area contributed by atoms with Crippen molar-refractivity contribution in [2.45, 2.75) is 65.3 Å². The number of aliphatic hydroxyl groups is 1. The Morgan fingerprint density at radius 3 is 2.44 bits per heavy atom. The van der Waals surface area contributed by atoms with Gasteiger partial charge in [0, 0.05) is 46.8 Å². The van der Waals surface area contributed by atoms with Crippen LogP contribution in [0.1, 0.15) is 63.3 Å². The van der Waals surface area contributed by atoms with Crippen LogP contribution in [0, 0.1) is 5.41 Å². The highest BCUT2D eigenvalue weighted by molar-refractivity contribution is 6.30. The second-order valence-electron chi connectivity index (χ2n) is 12.7. The van der Waals surface area contributed by atoms with Crippen LogP contribution in [0.15, 0.2) is 54.6 Å². The molecular weight excluding hydrogens is 640 g/mol.